The van der Waals surface area contributed by atoms with Crippen LogP contribution in [0.2, 0.25) is 0 Å². The standard InChI is InChI=1S/C12H12N2O2S2/c15-18(16,9-5-2-1-3-6-9)14-12-10-7-4-8-11(10)13-17-12/h1-3,5-6,14H,4,7-8H2. The largest absolute Gasteiger partial charge is 0.269 e. The summed E-state index contributed by atoms with van der Waals surface area (Å²) in [6.45, 7) is 0. The molecule has 0 aliphatic heterocycles. The summed E-state index contributed by atoms with van der Waals surface area (Å²) in [5.74, 6) is 0. The maximum atomic E-state index is 12.2. The van der Waals surface area contributed by atoms with Gasteiger partial charge in [-0.1, -0.05) is 18.2 Å². The number of anilines is 1. The minimum atomic E-state index is -3.48. The molecule has 0 spiro atoms. The highest BCUT2D eigenvalue weighted by molar-refractivity contribution is 7.93. The van der Waals surface area contributed by atoms with Crippen LogP contribution in [0.3, 0.4) is 0 Å². The molecule has 0 atom stereocenters. The fourth-order valence-corrected chi connectivity index (χ4v) is 4.30. The number of fused-ring (bicyclic) bond motifs is 1. The van der Waals surface area contributed by atoms with Crippen molar-refractivity contribution in [3.63, 3.8) is 0 Å². The third-order valence-electron chi connectivity index (χ3n) is 2.99. The summed E-state index contributed by atoms with van der Waals surface area (Å²) in [7, 11) is -3.48. The molecule has 1 aromatic heterocycles. The maximum absolute atomic E-state index is 12.2. The van der Waals surface area contributed by atoms with Crippen LogP contribution in [0.1, 0.15) is 17.7 Å². The van der Waals surface area contributed by atoms with Crippen molar-refractivity contribution >= 4 is 26.6 Å². The second-order valence-electron chi connectivity index (χ2n) is 4.21. The molecule has 0 bridgehead atoms. The van der Waals surface area contributed by atoms with E-state index in [9.17, 15) is 8.42 Å². The van der Waals surface area contributed by atoms with Crippen molar-refractivity contribution in [2.75, 3.05) is 4.72 Å². The van der Waals surface area contributed by atoms with Gasteiger partial charge in [0.05, 0.1) is 10.6 Å². The lowest BCUT2D eigenvalue weighted by Gasteiger charge is -2.06. The maximum Gasteiger partial charge on any atom is 0.262 e. The van der Waals surface area contributed by atoms with Crippen molar-refractivity contribution in [2.24, 2.45) is 0 Å². The van der Waals surface area contributed by atoms with Crippen molar-refractivity contribution in [2.45, 2.75) is 24.2 Å². The molecule has 1 heterocycles. The van der Waals surface area contributed by atoms with E-state index in [2.05, 4.69) is 9.10 Å². The van der Waals surface area contributed by atoms with Crippen LogP contribution < -0.4 is 4.72 Å². The second-order valence-corrected chi connectivity index (χ2v) is 6.66. The summed E-state index contributed by atoms with van der Waals surface area (Å²) in [4.78, 5) is 0.283. The average Bonchev–Trinajstić information content (AvgIpc) is 2.95. The van der Waals surface area contributed by atoms with E-state index in [0.717, 1.165) is 30.5 Å². The summed E-state index contributed by atoms with van der Waals surface area (Å²) in [6.07, 6.45) is 2.93. The number of aryl methyl sites for hydroxylation is 1. The van der Waals surface area contributed by atoms with E-state index in [-0.39, 0.29) is 4.90 Å². The zero-order chi connectivity index (χ0) is 12.6. The van der Waals surface area contributed by atoms with E-state index in [1.54, 1.807) is 30.3 Å². The Hall–Kier alpha value is -1.40. The molecule has 0 fully saturated rings. The molecule has 0 saturated carbocycles. The molecule has 0 saturated heterocycles. The summed E-state index contributed by atoms with van der Waals surface area (Å²) in [6, 6.07) is 8.40. The van der Waals surface area contributed by atoms with Gasteiger partial charge in [0, 0.05) is 5.56 Å². The lowest BCUT2D eigenvalue weighted by molar-refractivity contribution is 0.601. The van der Waals surface area contributed by atoms with Gasteiger partial charge in [-0.2, -0.15) is 4.37 Å². The number of hydrogen-bond donors (Lipinski definition) is 1. The molecule has 1 aromatic carbocycles. The van der Waals surface area contributed by atoms with Crippen LogP contribution in [-0.2, 0) is 22.9 Å². The topological polar surface area (TPSA) is 59.1 Å². The molecular weight excluding hydrogens is 268 g/mol. The first-order chi connectivity index (χ1) is 8.67. The Labute approximate surface area is 110 Å². The van der Waals surface area contributed by atoms with Gasteiger partial charge >= 0.3 is 0 Å². The zero-order valence-electron chi connectivity index (χ0n) is 9.59. The summed E-state index contributed by atoms with van der Waals surface area (Å²) < 4.78 is 31.3. The Kier molecular flexibility index (Phi) is 2.83. The Morgan fingerprint density at radius 3 is 2.72 bits per heavy atom. The van der Waals surface area contributed by atoms with Gasteiger partial charge in [-0.15, -0.1) is 0 Å². The van der Waals surface area contributed by atoms with E-state index < -0.39 is 10.0 Å². The molecule has 1 N–H and O–H groups in total. The molecule has 0 radical (unpaired) electrons. The van der Waals surface area contributed by atoms with Crippen molar-refractivity contribution in [3.05, 3.63) is 41.6 Å². The predicted molar refractivity (Wildman–Crippen MR) is 71.4 cm³/mol. The van der Waals surface area contributed by atoms with Crippen LogP contribution in [0.25, 0.3) is 0 Å². The van der Waals surface area contributed by atoms with E-state index >= 15 is 0 Å². The number of aromatic nitrogens is 1. The number of sulfonamides is 1. The zero-order valence-corrected chi connectivity index (χ0v) is 11.2. The molecule has 0 unspecified atom stereocenters. The molecule has 4 nitrogen and oxygen atoms in total. The second kappa shape index (κ2) is 4.37. The van der Waals surface area contributed by atoms with Gasteiger partial charge < -0.3 is 0 Å². The van der Waals surface area contributed by atoms with E-state index in [0.29, 0.717) is 5.00 Å². The highest BCUT2D eigenvalue weighted by atomic mass is 32.2. The van der Waals surface area contributed by atoms with Crippen LogP contribution in [0.4, 0.5) is 5.00 Å². The van der Waals surface area contributed by atoms with Gasteiger partial charge in [0.15, 0.2) is 0 Å². The van der Waals surface area contributed by atoms with Crippen LogP contribution in [0.15, 0.2) is 35.2 Å². The highest BCUT2D eigenvalue weighted by Gasteiger charge is 2.22. The Morgan fingerprint density at radius 1 is 1.17 bits per heavy atom. The van der Waals surface area contributed by atoms with Gasteiger partial charge in [-0.05, 0) is 42.9 Å². The first-order valence-electron chi connectivity index (χ1n) is 5.72. The molecule has 6 heteroatoms. The van der Waals surface area contributed by atoms with Crippen molar-refractivity contribution < 1.29 is 8.42 Å². The van der Waals surface area contributed by atoms with Crippen LogP contribution in [0.5, 0.6) is 0 Å². The lowest BCUT2D eigenvalue weighted by Crippen LogP contribution is -2.12. The summed E-state index contributed by atoms with van der Waals surface area (Å²) in [5.41, 5.74) is 2.12. The first-order valence-corrected chi connectivity index (χ1v) is 7.98. The van der Waals surface area contributed by atoms with E-state index in [4.69, 9.17) is 0 Å². The number of hydrogen-bond acceptors (Lipinski definition) is 4. The molecule has 3 rings (SSSR count). The minimum absolute atomic E-state index is 0.283. The van der Waals surface area contributed by atoms with Gasteiger partial charge in [0.25, 0.3) is 10.0 Å². The highest BCUT2D eigenvalue weighted by Crippen LogP contribution is 2.33. The van der Waals surface area contributed by atoms with Gasteiger partial charge in [0.2, 0.25) is 0 Å². The molecule has 1 aliphatic rings. The Morgan fingerprint density at radius 2 is 1.94 bits per heavy atom. The predicted octanol–water partition coefficient (Wildman–Crippen LogP) is 2.43. The minimum Gasteiger partial charge on any atom is -0.269 e. The Bertz CT molecular complexity index is 663. The van der Waals surface area contributed by atoms with E-state index in [1.807, 2.05) is 0 Å². The van der Waals surface area contributed by atoms with Gasteiger partial charge in [-0.3, -0.25) is 4.72 Å². The number of nitrogens with zero attached hydrogens (tertiary/aromatic N) is 1. The quantitative estimate of drug-likeness (QED) is 0.939. The van der Waals surface area contributed by atoms with Crippen molar-refractivity contribution in [1.82, 2.24) is 4.37 Å². The monoisotopic (exact) mass is 280 g/mol. The normalized spacial score (nSPS) is 14.4. The average molecular weight is 280 g/mol. The lowest BCUT2D eigenvalue weighted by atomic mass is 10.3. The molecule has 0 amide bonds. The SMILES string of the molecule is O=S(=O)(Nc1snc2c1CCC2)c1ccccc1. The number of nitrogens with one attached hydrogen (secondary N) is 1. The van der Waals surface area contributed by atoms with Crippen molar-refractivity contribution in [1.29, 1.82) is 0 Å². The fourth-order valence-electron chi connectivity index (χ4n) is 2.09. The molecule has 18 heavy (non-hydrogen) atoms. The molecule has 2 aromatic rings. The van der Waals surface area contributed by atoms with Crippen LogP contribution in [0, 0.1) is 0 Å². The molecular formula is C12H12N2O2S2. The Balaban J connectivity index is 1.93. The van der Waals surface area contributed by atoms with E-state index in [1.165, 1.54) is 11.5 Å². The molecule has 94 valence electrons. The first kappa shape index (κ1) is 11.7. The van der Waals surface area contributed by atoms with Gasteiger partial charge in [-0.25, -0.2) is 8.42 Å². The number of benzene rings is 1. The van der Waals surface area contributed by atoms with Crippen molar-refractivity contribution in [3.8, 4) is 0 Å². The number of rotatable bonds is 3. The van der Waals surface area contributed by atoms with Crippen LogP contribution in [-0.4, -0.2) is 12.8 Å². The smallest absolute Gasteiger partial charge is 0.262 e. The van der Waals surface area contributed by atoms with Crippen LogP contribution >= 0.6 is 11.5 Å². The summed E-state index contributed by atoms with van der Waals surface area (Å²) in [5, 5.41) is 0.673. The molecule has 1 aliphatic carbocycles. The third kappa shape index (κ3) is 2.02. The third-order valence-corrected chi connectivity index (χ3v) is 5.33. The van der Waals surface area contributed by atoms with Gasteiger partial charge in [0.1, 0.15) is 5.00 Å². The fraction of sp³-hybridized carbons (Fsp3) is 0.250. The summed E-state index contributed by atoms with van der Waals surface area (Å²) >= 11 is 1.23.